The van der Waals surface area contributed by atoms with Crippen molar-refractivity contribution in [1.82, 2.24) is 19.9 Å². The molecule has 0 aliphatic heterocycles. The van der Waals surface area contributed by atoms with Crippen LogP contribution in [0.4, 0.5) is 14.5 Å². The molecule has 3 aromatic heterocycles. The van der Waals surface area contributed by atoms with E-state index in [1.165, 1.54) is 41.7 Å². The van der Waals surface area contributed by atoms with Crippen LogP contribution in [0.5, 0.6) is 11.5 Å². The zero-order valence-corrected chi connectivity index (χ0v) is 21.7. The number of halogens is 2. The lowest BCUT2D eigenvalue weighted by Gasteiger charge is -2.12. The van der Waals surface area contributed by atoms with Gasteiger partial charge >= 0.3 is 0 Å². The number of ether oxygens (including phenoxy) is 1. The summed E-state index contributed by atoms with van der Waals surface area (Å²) in [5.74, 6) is -0.973. The first-order valence-corrected chi connectivity index (χ1v) is 12.8. The highest BCUT2D eigenvalue weighted by Gasteiger charge is 2.15. The number of imidazole rings is 1. The van der Waals surface area contributed by atoms with Crippen molar-refractivity contribution in [1.29, 1.82) is 0 Å². The van der Waals surface area contributed by atoms with E-state index in [9.17, 15) is 13.6 Å². The summed E-state index contributed by atoms with van der Waals surface area (Å²) in [7, 11) is 0. The van der Waals surface area contributed by atoms with Crippen LogP contribution in [0.25, 0.3) is 20.8 Å². The lowest BCUT2D eigenvalue weighted by atomic mass is 10.1. The second-order valence-corrected chi connectivity index (χ2v) is 9.74. The standard InChI is InChI=1S/C27H21F2N5O2S2/c1-2-34-14-21(31-15-34)24-13-20-26(38-24)23(8-9-30-20)36-22-7-6-18(12-19(22)29)32-27(37)33-25(35)11-16-4-3-5-17(28)10-16/h3-10,12-15H,2,11H2,1H3,(H2,32,33,35,37). The van der Waals surface area contributed by atoms with Crippen LogP contribution < -0.4 is 15.4 Å². The Hall–Kier alpha value is -4.22. The van der Waals surface area contributed by atoms with Gasteiger partial charge in [0.2, 0.25) is 5.91 Å². The van der Waals surface area contributed by atoms with E-state index in [0.29, 0.717) is 17.0 Å². The maximum Gasteiger partial charge on any atom is 0.230 e. The molecule has 0 spiro atoms. The van der Waals surface area contributed by atoms with Crippen molar-refractivity contribution in [3.05, 3.63) is 90.5 Å². The van der Waals surface area contributed by atoms with Crippen LogP contribution in [0, 0.1) is 11.6 Å². The first-order chi connectivity index (χ1) is 18.4. The Balaban J connectivity index is 1.25. The number of fused-ring (bicyclic) bond motifs is 1. The fourth-order valence-corrected chi connectivity index (χ4v) is 4.99. The SMILES string of the molecule is CCn1cnc(-c2cc3nccc(Oc4ccc(NC(=S)NC(=O)Cc5cccc(F)c5)cc4F)c3s2)c1. The number of nitrogens with zero attached hydrogens (tertiary/aromatic N) is 3. The summed E-state index contributed by atoms with van der Waals surface area (Å²) in [5, 5.41) is 5.27. The molecule has 0 unspecified atom stereocenters. The molecule has 38 heavy (non-hydrogen) atoms. The molecule has 11 heteroatoms. The van der Waals surface area contributed by atoms with Gasteiger partial charge < -0.3 is 19.9 Å². The van der Waals surface area contributed by atoms with Crippen LogP contribution >= 0.6 is 23.6 Å². The maximum absolute atomic E-state index is 14.9. The summed E-state index contributed by atoms with van der Waals surface area (Å²) in [5.41, 5.74) is 2.40. The normalized spacial score (nSPS) is 10.9. The molecule has 0 aliphatic rings. The van der Waals surface area contributed by atoms with Gasteiger partial charge in [-0.1, -0.05) is 12.1 Å². The number of thiophene rings is 1. The maximum atomic E-state index is 14.9. The van der Waals surface area contributed by atoms with Crippen LogP contribution in [0.1, 0.15) is 12.5 Å². The van der Waals surface area contributed by atoms with E-state index in [4.69, 9.17) is 17.0 Å². The van der Waals surface area contributed by atoms with Crippen molar-refractivity contribution < 1.29 is 18.3 Å². The fourth-order valence-electron chi connectivity index (χ4n) is 3.73. The highest BCUT2D eigenvalue weighted by molar-refractivity contribution is 7.80. The van der Waals surface area contributed by atoms with Crippen molar-refractivity contribution in [2.45, 2.75) is 19.9 Å². The minimum atomic E-state index is -0.618. The predicted octanol–water partition coefficient (Wildman–Crippen LogP) is 6.31. The highest BCUT2D eigenvalue weighted by Crippen LogP contribution is 2.39. The summed E-state index contributed by atoms with van der Waals surface area (Å²) in [6, 6.07) is 13.6. The second kappa shape index (κ2) is 11.0. The van der Waals surface area contributed by atoms with Gasteiger partial charge in [0.25, 0.3) is 0 Å². The lowest BCUT2D eigenvalue weighted by Crippen LogP contribution is -2.35. The predicted molar refractivity (Wildman–Crippen MR) is 147 cm³/mol. The van der Waals surface area contributed by atoms with Gasteiger partial charge in [-0.05, 0) is 55.0 Å². The topological polar surface area (TPSA) is 81.1 Å². The van der Waals surface area contributed by atoms with Gasteiger partial charge in [-0.25, -0.2) is 13.8 Å². The largest absolute Gasteiger partial charge is 0.453 e. The number of benzene rings is 2. The number of aromatic nitrogens is 3. The Morgan fingerprint density at radius 1 is 1.11 bits per heavy atom. The van der Waals surface area contributed by atoms with Crippen LogP contribution in [-0.2, 0) is 17.8 Å². The molecular weight excluding hydrogens is 528 g/mol. The monoisotopic (exact) mass is 549 g/mol. The molecule has 0 radical (unpaired) electrons. The van der Waals surface area contributed by atoms with Crippen LogP contribution in [0.3, 0.4) is 0 Å². The van der Waals surface area contributed by atoms with E-state index < -0.39 is 17.5 Å². The number of carbonyl (C=O) groups excluding carboxylic acids is 1. The molecule has 2 aromatic carbocycles. The summed E-state index contributed by atoms with van der Waals surface area (Å²) in [6.45, 7) is 2.86. The van der Waals surface area contributed by atoms with E-state index in [2.05, 4.69) is 20.6 Å². The smallest absolute Gasteiger partial charge is 0.230 e. The van der Waals surface area contributed by atoms with Gasteiger partial charge in [0, 0.05) is 36.8 Å². The molecule has 0 saturated heterocycles. The van der Waals surface area contributed by atoms with E-state index >= 15 is 0 Å². The van der Waals surface area contributed by atoms with Gasteiger partial charge in [0.05, 0.1) is 33.5 Å². The van der Waals surface area contributed by atoms with E-state index in [1.54, 1.807) is 30.7 Å². The first kappa shape index (κ1) is 25.4. The average Bonchev–Trinajstić information content (AvgIpc) is 3.53. The molecule has 5 rings (SSSR count). The third-order valence-electron chi connectivity index (χ3n) is 5.54. The Kier molecular flexibility index (Phi) is 7.38. The third kappa shape index (κ3) is 5.84. The summed E-state index contributed by atoms with van der Waals surface area (Å²) in [6.07, 6.45) is 5.30. The summed E-state index contributed by atoms with van der Waals surface area (Å²) >= 11 is 6.63. The average molecular weight is 550 g/mol. The molecule has 0 fully saturated rings. The number of hydrogen-bond acceptors (Lipinski definition) is 6. The number of anilines is 1. The second-order valence-electron chi connectivity index (χ2n) is 8.28. The summed E-state index contributed by atoms with van der Waals surface area (Å²) < 4.78 is 36.9. The van der Waals surface area contributed by atoms with Crippen molar-refractivity contribution in [3.8, 4) is 22.1 Å². The number of hydrogen-bond donors (Lipinski definition) is 2. The molecule has 192 valence electrons. The molecule has 0 atom stereocenters. The van der Waals surface area contributed by atoms with Crippen molar-refractivity contribution in [3.63, 3.8) is 0 Å². The van der Waals surface area contributed by atoms with Gasteiger partial charge in [-0.2, -0.15) is 0 Å². The lowest BCUT2D eigenvalue weighted by molar-refractivity contribution is -0.119. The highest BCUT2D eigenvalue weighted by atomic mass is 32.1. The quantitative estimate of drug-likeness (QED) is 0.232. The fraction of sp³-hybridized carbons (Fsp3) is 0.111. The van der Waals surface area contributed by atoms with Crippen LogP contribution in [0.2, 0.25) is 0 Å². The molecule has 3 heterocycles. The zero-order chi connectivity index (χ0) is 26.6. The van der Waals surface area contributed by atoms with Gasteiger partial charge in [0.15, 0.2) is 16.7 Å². The number of aryl methyl sites for hydroxylation is 1. The molecule has 0 aliphatic carbocycles. The van der Waals surface area contributed by atoms with Crippen LogP contribution in [0.15, 0.2) is 73.3 Å². The summed E-state index contributed by atoms with van der Waals surface area (Å²) in [4.78, 5) is 22.0. The number of thiocarbonyl (C=S) groups is 1. The van der Waals surface area contributed by atoms with E-state index in [1.807, 2.05) is 23.8 Å². The van der Waals surface area contributed by atoms with E-state index in [0.717, 1.165) is 27.3 Å². The number of carbonyl (C=O) groups is 1. The Bertz CT molecular complexity index is 1650. The molecule has 0 saturated carbocycles. The number of pyridine rings is 1. The van der Waals surface area contributed by atoms with Crippen LogP contribution in [-0.4, -0.2) is 25.6 Å². The van der Waals surface area contributed by atoms with E-state index in [-0.39, 0.29) is 17.3 Å². The van der Waals surface area contributed by atoms with Gasteiger partial charge in [-0.3, -0.25) is 9.78 Å². The minimum absolute atomic E-state index is 0.00746. The first-order valence-electron chi connectivity index (χ1n) is 11.6. The van der Waals surface area contributed by atoms with Gasteiger partial charge in [-0.15, -0.1) is 11.3 Å². The zero-order valence-electron chi connectivity index (χ0n) is 20.1. The molecule has 7 nitrogen and oxygen atoms in total. The number of amides is 1. The molecule has 2 N–H and O–H groups in total. The third-order valence-corrected chi connectivity index (χ3v) is 6.91. The molecule has 5 aromatic rings. The molecule has 1 amide bonds. The number of rotatable bonds is 7. The van der Waals surface area contributed by atoms with Crippen molar-refractivity contribution >= 4 is 50.5 Å². The molecular formula is C27H21F2N5O2S2. The van der Waals surface area contributed by atoms with Crippen molar-refractivity contribution in [2.75, 3.05) is 5.32 Å². The molecule has 0 bridgehead atoms. The minimum Gasteiger partial charge on any atom is -0.453 e. The number of nitrogens with one attached hydrogen (secondary N) is 2. The van der Waals surface area contributed by atoms with Crippen molar-refractivity contribution in [2.24, 2.45) is 0 Å². The van der Waals surface area contributed by atoms with Gasteiger partial charge in [0.1, 0.15) is 11.6 Å². The Labute approximate surface area is 226 Å². The Morgan fingerprint density at radius 2 is 1.97 bits per heavy atom. The Morgan fingerprint density at radius 3 is 2.74 bits per heavy atom.